The van der Waals surface area contributed by atoms with E-state index in [0.717, 1.165) is 56.9 Å². The Balaban J connectivity index is 1.13. The molecule has 166 valence electrons. The van der Waals surface area contributed by atoms with Crippen molar-refractivity contribution in [3.05, 3.63) is 17.3 Å². The lowest BCUT2D eigenvalue weighted by Crippen LogP contribution is -2.62. The van der Waals surface area contributed by atoms with Crippen LogP contribution in [-0.4, -0.2) is 65.7 Å². The number of hydrogen-bond donors (Lipinski definition) is 1. The quantitative estimate of drug-likeness (QED) is 0.778. The largest absolute Gasteiger partial charge is 0.393 e. The molecule has 1 N–H and O–H groups in total. The molecular formula is C21H24F3N5OS. The molecule has 1 aliphatic carbocycles. The summed E-state index contributed by atoms with van der Waals surface area (Å²) in [5, 5.41) is 4.11. The first-order valence-electron chi connectivity index (χ1n) is 10.8. The molecule has 3 aliphatic heterocycles. The second-order valence-electron chi connectivity index (χ2n) is 9.92. The molecule has 0 radical (unpaired) electrons. The summed E-state index contributed by atoms with van der Waals surface area (Å²) >= 11 is 1.08. The Morgan fingerprint density at radius 1 is 1.19 bits per heavy atom. The first-order chi connectivity index (χ1) is 14.7. The average molecular weight is 452 g/mol. The molecule has 6 nitrogen and oxygen atoms in total. The molecule has 4 fully saturated rings. The molecule has 0 bridgehead atoms. The lowest BCUT2D eigenvalue weighted by molar-refractivity contribution is -0.144. The minimum Gasteiger partial charge on any atom is -0.355 e. The molecule has 4 aliphatic rings. The van der Waals surface area contributed by atoms with Gasteiger partial charge < -0.3 is 15.1 Å². The second-order valence-corrected chi connectivity index (χ2v) is 11.0. The number of anilines is 1. The van der Waals surface area contributed by atoms with Crippen molar-refractivity contribution in [2.24, 2.45) is 10.8 Å². The van der Waals surface area contributed by atoms with Gasteiger partial charge in [0.1, 0.15) is 17.0 Å². The SMILES string of the molecule is O=C([C@H]1CC2(CC2)CN1)N1CC2(CCN(c3ncnc4sc(CC(F)(F)F)cc34)C2)C1. The molecule has 0 unspecified atom stereocenters. The van der Waals surface area contributed by atoms with Crippen molar-refractivity contribution in [2.45, 2.75) is 44.3 Å². The molecular weight excluding hydrogens is 427 g/mol. The van der Waals surface area contributed by atoms with E-state index in [1.165, 1.54) is 19.2 Å². The van der Waals surface area contributed by atoms with Gasteiger partial charge in [0, 0.05) is 43.0 Å². The third kappa shape index (κ3) is 3.47. The number of amides is 1. The zero-order valence-electron chi connectivity index (χ0n) is 17.0. The van der Waals surface area contributed by atoms with Gasteiger partial charge in [0.25, 0.3) is 0 Å². The number of aromatic nitrogens is 2. The standard InChI is InChI=1S/C21H24F3N5OS/c22-21(23,24)6-13-5-14-16(26-12-27-17(14)31-13)28-4-3-20(9-28)10-29(11-20)18(30)15-7-19(1-2-19)8-25-15/h5,12,15,25H,1-4,6-11H2/t15-/m1/s1. The Morgan fingerprint density at radius 2 is 2.00 bits per heavy atom. The van der Waals surface area contributed by atoms with Crippen molar-refractivity contribution in [1.29, 1.82) is 0 Å². The average Bonchev–Trinajstić information content (AvgIpc) is 3.04. The smallest absolute Gasteiger partial charge is 0.355 e. The summed E-state index contributed by atoms with van der Waals surface area (Å²) < 4.78 is 38.4. The van der Waals surface area contributed by atoms with Gasteiger partial charge >= 0.3 is 6.18 Å². The van der Waals surface area contributed by atoms with Crippen LogP contribution in [0, 0.1) is 10.8 Å². The van der Waals surface area contributed by atoms with Crippen LogP contribution in [0.2, 0.25) is 0 Å². The van der Waals surface area contributed by atoms with Crippen LogP contribution in [0.25, 0.3) is 10.2 Å². The number of nitrogens with one attached hydrogen (secondary N) is 1. The molecule has 5 heterocycles. The van der Waals surface area contributed by atoms with E-state index in [1.807, 2.05) is 4.90 Å². The molecule has 2 spiro atoms. The molecule has 0 aromatic carbocycles. The molecule has 10 heteroatoms. The lowest BCUT2D eigenvalue weighted by atomic mass is 9.78. The van der Waals surface area contributed by atoms with Gasteiger partial charge in [0.15, 0.2) is 0 Å². The van der Waals surface area contributed by atoms with E-state index in [4.69, 9.17) is 0 Å². The first kappa shape index (κ1) is 19.7. The maximum Gasteiger partial charge on any atom is 0.393 e. The van der Waals surface area contributed by atoms with E-state index >= 15 is 0 Å². The van der Waals surface area contributed by atoms with Crippen molar-refractivity contribution in [2.75, 3.05) is 37.6 Å². The summed E-state index contributed by atoms with van der Waals surface area (Å²) in [6.07, 6.45) is 0.675. The summed E-state index contributed by atoms with van der Waals surface area (Å²) in [5.74, 6) is 0.941. The van der Waals surface area contributed by atoms with E-state index in [0.29, 0.717) is 21.4 Å². The number of alkyl halides is 3. The van der Waals surface area contributed by atoms with Gasteiger partial charge in [-0.1, -0.05) is 0 Å². The minimum atomic E-state index is -4.23. The number of hydrogen-bond acceptors (Lipinski definition) is 6. The molecule has 2 aromatic heterocycles. The Bertz CT molecular complexity index is 1040. The Kier molecular flexibility index (Phi) is 4.16. The van der Waals surface area contributed by atoms with Crippen LogP contribution in [0.4, 0.5) is 19.0 Å². The highest BCUT2D eigenvalue weighted by Crippen LogP contribution is 2.52. The molecule has 1 atom stereocenters. The van der Waals surface area contributed by atoms with Crippen molar-refractivity contribution in [3.63, 3.8) is 0 Å². The van der Waals surface area contributed by atoms with Crippen molar-refractivity contribution in [1.82, 2.24) is 20.2 Å². The monoisotopic (exact) mass is 451 g/mol. The van der Waals surface area contributed by atoms with E-state index in [1.54, 1.807) is 6.07 Å². The number of carbonyl (C=O) groups excluding carboxylic acids is 1. The highest BCUT2D eigenvalue weighted by molar-refractivity contribution is 7.18. The number of nitrogens with zero attached hydrogens (tertiary/aromatic N) is 4. The van der Waals surface area contributed by atoms with Gasteiger partial charge in [-0.05, 0) is 37.2 Å². The highest BCUT2D eigenvalue weighted by atomic mass is 32.1. The summed E-state index contributed by atoms with van der Waals surface area (Å²) in [6.45, 7) is 4.05. The summed E-state index contributed by atoms with van der Waals surface area (Å²) in [6, 6.07) is 1.56. The van der Waals surface area contributed by atoms with Gasteiger partial charge in [-0.2, -0.15) is 13.2 Å². The second kappa shape index (κ2) is 6.54. The highest BCUT2D eigenvalue weighted by Gasteiger charge is 2.54. The number of fused-ring (bicyclic) bond motifs is 1. The van der Waals surface area contributed by atoms with Crippen molar-refractivity contribution >= 4 is 33.3 Å². The van der Waals surface area contributed by atoms with Crippen LogP contribution >= 0.6 is 11.3 Å². The van der Waals surface area contributed by atoms with Gasteiger partial charge in [-0.25, -0.2) is 9.97 Å². The fraction of sp³-hybridized carbons (Fsp3) is 0.667. The van der Waals surface area contributed by atoms with Crippen molar-refractivity contribution < 1.29 is 18.0 Å². The number of carbonyl (C=O) groups is 1. The van der Waals surface area contributed by atoms with Gasteiger partial charge in [0.2, 0.25) is 5.91 Å². The summed E-state index contributed by atoms with van der Waals surface area (Å²) in [7, 11) is 0. The zero-order valence-corrected chi connectivity index (χ0v) is 17.9. The Labute approximate surface area is 181 Å². The third-order valence-corrected chi connectivity index (χ3v) is 8.50. The fourth-order valence-electron chi connectivity index (χ4n) is 5.59. The lowest BCUT2D eigenvalue weighted by Gasteiger charge is -2.48. The maximum absolute atomic E-state index is 12.9. The van der Waals surface area contributed by atoms with E-state index in [-0.39, 0.29) is 22.2 Å². The normalized spacial score (nSPS) is 26.2. The number of halogens is 3. The third-order valence-electron chi connectivity index (χ3n) is 7.45. The number of likely N-dealkylation sites (tertiary alicyclic amines) is 1. The Hall–Kier alpha value is -1.94. The number of thiophene rings is 1. The topological polar surface area (TPSA) is 61.4 Å². The molecule has 2 aromatic rings. The predicted molar refractivity (Wildman–Crippen MR) is 111 cm³/mol. The first-order valence-corrected chi connectivity index (χ1v) is 11.6. The molecule has 6 rings (SSSR count). The van der Waals surface area contributed by atoms with Crippen LogP contribution in [-0.2, 0) is 11.2 Å². The minimum absolute atomic E-state index is 0.0308. The van der Waals surface area contributed by atoms with E-state index in [9.17, 15) is 18.0 Å². The molecule has 3 saturated heterocycles. The van der Waals surface area contributed by atoms with Crippen molar-refractivity contribution in [3.8, 4) is 0 Å². The van der Waals surface area contributed by atoms with Gasteiger partial charge in [-0.15, -0.1) is 11.3 Å². The summed E-state index contributed by atoms with van der Waals surface area (Å²) in [5.41, 5.74) is 0.463. The molecule has 31 heavy (non-hydrogen) atoms. The van der Waals surface area contributed by atoms with Crippen LogP contribution in [0.5, 0.6) is 0 Å². The van der Waals surface area contributed by atoms with Crippen LogP contribution in [0.15, 0.2) is 12.4 Å². The number of rotatable bonds is 3. The van der Waals surface area contributed by atoms with Gasteiger partial charge in [0.05, 0.1) is 17.8 Å². The summed E-state index contributed by atoms with van der Waals surface area (Å²) in [4.78, 5) is 26.4. The van der Waals surface area contributed by atoms with Crippen LogP contribution < -0.4 is 10.2 Å². The van der Waals surface area contributed by atoms with E-state index in [2.05, 4.69) is 20.2 Å². The Morgan fingerprint density at radius 3 is 2.71 bits per heavy atom. The van der Waals surface area contributed by atoms with Gasteiger partial charge in [-0.3, -0.25) is 4.79 Å². The van der Waals surface area contributed by atoms with Crippen LogP contribution in [0.3, 0.4) is 0 Å². The maximum atomic E-state index is 12.9. The van der Waals surface area contributed by atoms with E-state index < -0.39 is 12.6 Å². The van der Waals surface area contributed by atoms with Crippen LogP contribution in [0.1, 0.15) is 30.6 Å². The zero-order chi connectivity index (χ0) is 21.4. The molecule has 1 amide bonds. The predicted octanol–water partition coefficient (Wildman–Crippen LogP) is 2.98. The molecule has 1 saturated carbocycles. The fourth-order valence-corrected chi connectivity index (χ4v) is 6.61.